The Hall–Kier alpha value is -2.14. The molecule has 1 atom stereocenters. The van der Waals surface area contributed by atoms with Gasteiger partial charge >= 0.3 is 0 Å². The number of nitrogens with zero attached hydrogens (tertiary/aromatic N) is 4. The highest BCUT2D eigenvalue weighted by Crippen LogP contribution is 2.29. The van der Waals surface area contributed by atoms with Crippen LogP contribution in [0.4, 0.5) is 0 Å². The van der Waals surface area contributed by atoms with Crippen LogP contribution in [0.15, 0.2) is 34.9 Å². The minimum atomic E-state index is 0.477. The van der Waals surface area contributed by atoms with E-state index in [1.807, 2.05) is 13.0 Å². The van der Waals surface area contributed by atoms with E-state index in [1.165, 1.54) is 24.2 Å². The Labute approximate surface area is 135 Å². The van der Waals surface area contributed by atoms with E-state index in [9.17, 15) is 0 Å². The van der Waals surface area contributed by atoms with E-state index in [4.69, 9.17) is 9.51 Å². The number of piperidine rings is 1. The van der Waals surface area contributed by atoms with E-state index in [-0.39, 0.29) is 0 Å². The molecule has 0 N–H and O–H groups in total. The smallest absolute Gasteiger partial charge is 0.150 e. The lowest BCUT2D eigenvalue weighted by atomic mass is 9.97. The van der Waals surface area contributed by atoms with Crippen molar-refractivity contribution in [2.45, 2.75) is 32.2 Å². The van der Waals surface area contributed by atoms with Crippen molar-refractivity contribution in [3.8, 4) is 0 Å². The first-order valence-electron chi connectivity index (χ1n) is 8.26. The minimum absolute atomic E-state index is 0.477. The molecule has 1 saturated heterocycles. The third-order valence-corrected chi connectivity index (χ3v) is 4.75. The van der Waals surface area contributed by atoms with Crippen LogP contribution in [-0.4, -0.2) is 32.7 Å². The molecular weight excluding hydrogens is 288 g/mol. The number of rotatable bonds is 3. The molecule has 1 aliphatic heterocycles. The van der Waals surface area contributed by atoms with Gasteiger partial charge in [-0.2, -0.15) is 0 Å². The fraction of sp³-hybridized carbons (Fsp3) is 0.444. The van der Waals surface area contributed by atoms with E-state index in [1.54, 1.807) is 0 Å². The number of benzene rings is 1. The average molecular weight is 310 g/mol. The van der Waals surface area contributed by atoms with Crippen LogP contribution in [0.3, 0.4) is 0 Å². The van der Waals surface area contributed by atoms with Crippen molar-refractivity contribution in [3.05, 3.63) is 47.6 Å². The summed E-state index contributed by atoms with van der Waals surface area (Å²) in [7, 11) is 2.13. The summed E-state index contributed by atoms with van der Waals surface area (Å²) in [6.45, 7) is 4.93. The standard InChI is InChI=1S/C18H22N4O/c1-13-10-15(23-20-13)12-22-9-5-6-14(11-22)18-19-16-7-3-4-8-17(16)21(18)2/h3-4,7-8,10,14H,5-6,9,11-12H2,1-2H3. The average Bonchev–Trinajstić information content (AvgIpc) is 3.12. The van der Waals surface area contributed by atoms with Gasteiger partial charge in [0.15, 0.2) is 5.76 Å². The third-order valence-electron chi connectivity index (χ3n) is 4.75. The highest BCUT2D eigenvalue weighted by molar-refractivity contribution is 5.75. The molecule has 4 rings (SSSR count). The monoisotopic (exact) mass is 310 g/mol. The van der Waals surface area contributed by atoms with Crippen LogP contribution in [0, 0.1) is 6.92 Å². The number of hydrogen-bond acceptors (Lipinski definition) is 4. The number of aromatic nitrogens is 3. The number of imidazole rings is 1. The van der Waals surface area contributed by atoms with Crippen molar-refractivity contribution < 1.29 is 4.52 Å². The van der Waals surface area contributed by atoms with E-state index in [2.05, 4.69) is 45.9 Å². The van der Waals surface area contributed by atoms with Gasteiger partial charge in [-0.05, 0) is 38.4 Å². The molecule has 2 aromatic heterocycles. The maximum atomic E-state index is 5.37. The molecule has 0 saturated carbocycles. The van der Waals surface area contributed by atoms with Crippen molar-refractivity contribution in [2.24, 2.45) is 7.05 Å². The van der Waals surface area contributed by atoms with Crippen molar-refractivity contribution in [2.75, 3.05) is 13.1 Å². The fourth-order valence-corrected chi connectivity index (χ4v) is 3.65. The Balaban J connectivity index is 1.55. The van der Waals surface area contributed by atoms with Gasteiger partial charge in [-0.25, -0.2) is 4.98 Å². The first-order valence-corrected chi connectivity index (χ1v) is 8.26. The number of likely N-dealkylation sites (tertiary alicyclic amines) is 1. The molecule has 5 heteroatoms. The number of fused-ring (bicyclic) bond motifs is 1. The summed E-state index contributed by atoms with van der Waals surface area (Å²) in [6, 6.07) is 10.4. The molecule has 1 unspecified atom stereocenters. The summed E-state index contributed by atoms with van der Waals surface area (Å²) in [5, 5.41) is 3.98. The quantitative estimate of drug-likeness (QED) is 0.745. The van der Waals surface area contributed by atoms with Crippen LogP contribution < -0.4 is 0 Å². The third kappa shape index (κ3) is 2.77. The Kier molecular flexibility index (Phi) is 3.65. The Morgan fingerprint density at radius 2 is 2.17 bits per heavy atom. The molecule has 0 amide bonds. The topological polar surface area (TPSA) is 47.1 Å². The van der Waals surface area contributed by atoms with E-state index < -0.39 is 0 Å². The molecule has 0 radical (unpaired) electrons. The number of hydrogen-bond donors (Lipinski definition) is 0. The zero-order valence-corrected chi connectivity index (χ0v) is 13.7. The first-order chi connectivity index (χ1) is 11.2. The van der Waals surface area contributed by atoms with Gasteiger partial charge in [0.1, 0.15) is 5.82 Å². The van der Waals surface area contributed by atoms with Crippen molar-refractivity contribution in [3.63, 3.8) is 0 Å². The van der Waals surface area contributed by atoms with E-state index in [0.717, 1.165) is 36.6 Å². The molecule has 1 fully saturated rings. The lowest BCUT2D eigenvalue weighted by Gasteiger charge is -2.31. The minimum Gasteiger partial charge on any atom is -0.360 e. The largest absolute Gasteiger partial charge is 0.360 e. The maximum Gasteiger partial charge on any atom is 0.150 e. The van der Waals surface area contributed by atoms with Gasteiger partial charge in [-0.1, -0.05) is 17.3 Å². The molecule has 1 aromatic carbocycles. The van der Waals surface area contributed by atoms with Gasteiger partial charge in [0.2, 0.25) is 0 Å². The predicted molar refractivity (Wildman–Crippen MR) is 89.2 cm³/mol. The SMILES string of the molecule is Cc1cc(CN2CCCC(c3nc4ccccc4n3C)C2)on1. The second-order valence-corrected chi connectivity index (χ2v) is 6.53. The zero-order valence-electron chi connectivity index (χ0n) is 13.7. The van der Waals surface area contributed by atoms with Gasteiger partial charge in [0.05, 0.1) is 23.3 Å². The molecule has 0 aliphatic carbocycles. The van der Waals surface area contributed by atoms with Crippen LogP contribution >= 0.6 is 0 Å². The van der Waals surface area contributed by atoms with Gasteiger partial charge < -0.3 is 9.09 Å². The Bertz CT molecular complexity index is 819. The van der Waals surface area contributed by atoms with Crippen LogP contribution in [0.5, 0.6) is 0 Å². The molecule has 5 nitrogen and oxygen atoms in total. The second-order valence-electron chi connectivity index (χ2n) is 6.53. The summed E-state index contributed by atoms with van der Waals surface area (Å²) < 4.78 is 7.62. The summed E-state index contributed by atoms with van der Waals surface area (Å²) in [5.41, 5.74) is 3.25. The molecule has 0 spiro atoms. The molecule has 0 bridgehead atoms. The van der Waals surface area contributed by atoms with Crippen molar-refractivity contribution in [1.82, 2.24) is 19.6 Å². The van der Waals surface area contributed by atoms with Crippen LogP contribution in [0.25, 0.3) is 11.0 Å². The molecule has 23 heavy (non-hydrogen) atoms. The molecule has 3 aromatic rings. The lowest BCUT2D eigenvalue weighted by molar-refractivity contribution is 0.176. The normalized spacial score (nSPS) is 19.5. The zero-order chi connectivity index (χ0) is 15.8. The van der Waals surface area contributed by atoms with Gasteiger partial charge in [-0.15, -0.1) is 0 Å². The Morgan fingerprint density at radius 1 is 1.30 bits per heavy atom. The number of aryl methyl sites for hydroxylation is 2. The maximum absolute atomic E-state index is 5.37. The fourth-order valence-electron chi connectivity index (χ4n) is 3.65. The Morgan fingerprint density at radius 3 is 2.96 bits per heavy atom. The van der Waals surface area contributed by atoms with E-state index >= 15 is 0 Å². The van der Waals surface area contributed by atoms with Crippen LogP contribution in [-0.2, 0) is 13.6 Å². The summed E-state index contributed by atoms with van der Waals surface area (Å²) in [6.07, 6.45) is 2.39. The second kappa shape index (κ2) is 5.81. The van der Waals surface area contributed by atoms with Crippen molar-refractivity contribution >= 4 is 11.0 Å². The van der Waals surface area contributed by atoms with E-state index in [0.29, 0.717) is 5.92 Å². The first kappa shape index (κ1) is 14.5. The van der Waals surface area contributed by atoms with Crippen LogP contribution in [0.1, 0.15) is 36.0 Å². The van der Waals surface area contributed by atoms with Crippen molar-refractivity contribution in [1.29, 1.82) is 0 Å². The lowest BCUT2D eigenvalue weighted by Crippen LogP contribution is -2.34. The van der Waals surface area contributed by atoms with Gasteiger partial charge in [0, 0.05) is 25.6 Å². The highest BCUT2D eigenvalue weighted by atomic mass is 16.5. The highest BCUT2D eigenvalue weighted by Gasteiger charge is 2.26. The summed E-state index contributed by atoms with van der Waals surface area (Å²) in [5.74, 6) is 2.63. The van der Waals surface area contributed by atoms with Crippen LogP contribution in [0.2, 0.25) is 0 Å². The number of para-hydroxylation sites is 2. The van der Waals surface area contributed by atoms with Gasteiger partial charge in [-0.3, -0.25) is 4.90 Å². The molecule has 120 valence electrons. The summed E-state index contributed by atoms with van der Waals surface area (Å²) >= 11 is 0. The molecule has 3 heterocycles. The van der Waals surface area contributed by atoms with Gasteiger partial charge in [0.25, 0.3) is 0 Å². The predicted octanol–water partition coefficient (Wildman–Crippen LogP) is 3.25. The molecule has 1 aliphatic rings. The summed E-state index contributed by atoms with van der Waals surface area (Å²) in [4.78, 5) is 7.33. The molecular formula is C18H22N4O.